The maximum atomic E-state index is 11.7. The van der Waals surface area contributed by atoms with Crippen LogP contribution in [0.3, 0.4) is 0 Å². The minimum Gasteiger partial charge on any atom is -0.350 e. The van der Waals surface area contributed by atoms with Gasteiger partial charge in [-0.25, -0.2) is 0 Å². The molecule has 0 spiro atoms. The highest BCUT2D eigenvalue weighted by atomic mass is 16.1. The van der Waals surface area contributed by atoms with Crippen molar-refractivity contribution in [3.05, 3.63) is 24.0 Å². The van der Waals surface area contributed by atoms with Gasteiger partial charge in [-0.05, 0) is 24.0 Å². The van der Waals surface area contributed by atoms with Gasteiger partial charge in [0.25, 0.3) is 0 Å². The molecule has 100 valence electrons. The van der Waals surface area contributed by atoms with Crippen molar-refractivity contribution < 1.29 is 4.79 Å². The van der Waals surface area contributed by atoms with Crippen LogP contribution in [0.4, 0.5) is 0 Å². The number of carbonyl (C=O) groups is 1. The van der Waals surface area contributed by atoms with Crippen LogP contribution < -0.4 is 11.1 Å². The lowest BCUT2D eigenvalue weighted by molar-refractivity contribution is -0.121. The third kappa shape index (κ3) is 6.30. The Morgan fingerprint density at radius 2 is 2.22 bits per heavy atom. The summed E-state index contributed by atoms with van der Waals surface area (Å²) in [6.45, 7) is 6.74. The Balaban J connectivity index is 2.30. The van der Waals surface area contributed by atoms with Crippen molar-refractivity contribution in [3.8, 4) is 0 Å². The maximum Gasteiger partial charge on any atom is 0.221 e. The van der Waals surface area contributed by atoms with Crippen LogP contribution in [0.15, 0.2) is 18.3 Å². The first-order chi connectivity index (χ1) is 8.37. The zero-order valence-corrected chi connectivity index (χ0v) is 11.3. The monoisotopic (exact) mass is 250 g/mol. The summed E-state index contributed by atoms with van der Waals surface area (Å²) >= 11 is 0. The second-order valence-electron chi connectivity index (χ2n) is 5.72. The van der Waals surface area contributed by atoms with Crippen molar-refractivity contribution in [1.82, 2.24) is 15.5 Å². The summed E-state index contributed by atoms with van der Waals surface area (Å²) in [6.07, 6.45) is 2.77. The maximum absolute atomic E-state index is 11.7. The van der Waals surface area contributed by atoms with Crippen LogP contribution >= 0.6 is 0 Å². The van der Waals surface area contributed by atoms with Crippen LogP contribution in [0.5, 0.6) is 0 Å². The molecule has 1 unspecified atom stereocenters. The standard InChI is InChI=1S/C13H22N4O/c1-13(2,3)8-10(14)7-12(18)15-9-11-5-4-6-16-17-11/h4-6,10H,7-9,14H2,1-3H3,(H,15,18). The van der Waals surface area contributed by atoms with E-state index in [1.54, 1.807) is 12.3 Å². The van der Waals surface area contributed by atoms with Crippen LogP contribution in [0.1, 0.15) is 39.3 Å². The van der Waals surface area contributed by atoms with E-state index in [1.165, 1.54) is 0 Å². The second-order valence-corrected chi connectivity index (χ2v) is 5.72. The minimum atomic E-state index is -0.105. The van der Waals surface area contributed by atoms with Gasteiger partial charge in [0.1, 0.15) is 0 Å². The molecule has 0 aromatic carbocycles. The highest BCUT2D eigenvalue weighted by Gasteiger charge is 2.17. The molecule has 1 heterocycles. The van der Waals surface area contributed by atoms with E-state index in [0.717, 1.165) is 12.1 Å². The van der Waals surface area contributed by atoms with Gasteiger partial charge in [0.15, 0.2) is 0 Å². The molecule has 0 bridgehead atoms. The predicted molar refractivity (Wildman–Crippen MR) is 70.5 cm³/mol. The molecule has 0 aliphatic carbocycles. The molecule has 1 amide bonds. The van der Waals surface area contributed by atoms with Gasteiger partial charge in [0.05, 0.1) is 12.2 Å². The Morgan fingerprint density at radius 1 is 1.50 bits per heavy atom. The summed E-state index contributed by atoms with van der Waals surface area (Å²) in [5.41, 5.74) is 6.83. The number of nitrogens with two attached hydrogens (primary N) is 1. The zero-order chi connectivity index (χ0) is 13.6. The topological polar surface area (TPSA) is 80.9 Å². The molecule has 0 aliphatic rings. The van der Waals surface area contributed by atoms with Crippen LogP contribution in [0, 0.1) is 5.41 Å². The molecule has 0 saturated heterocycles. The number of aromatic nitrogens is 2. The average molecular weight is 250 g/mol. The number of rotatable bonds is 5. The Kier molecular flexibility index (Phi) is 5.22. The van der Waals surface area contributed by atoms with Crippen molar-refractivity contribution >= 4 is 5.91 Å². The van der Waals surface area contributed by atoms with Gasteiger partial charge in [0.2, 0.25) is 5.91 Å². The van der Waals surface area contributed by atoms with E-state index in [-0.39, 0.29) is 17.4 Å². The number of amides is 1. The second kappa shape index (κ2) is 6.44. The summed E-state index contributed by atoms with van der Waals surface area (Å²) in [5.74, 6) is -0.0441. The van der Waals surface area contributed by atoms with E-state index in [1.807, 2.05) is 6.07 Å². The molecule has 18 heavy (non-hydrogen) atoms. The van der Waals surface area contributed by atoms with Crippen LogP contribution in [-0.4, -0.2) is 22.1 Å². The number of nitrogens with zero attached hydrogens (tertiary/aromatic N) is 2. The molecular weight excluding hydrogens is 228 g/mol. The van der Waals surface area contributed by atoms with Gasteiger partial charge in [-0.15, -0.1) is 0 Å². The third-order valence-electron chi connectivity index (χ3n) is 2.42. The predicted octanol–water partition coefficient (Wildman–Crippen LogP) is 1.25. The van der Waals surface area contributed by atoms with E-state index in [9.17, 15) is 4.79 Å². The molecule has 3 N–H and O–H groups in total. The smallest absolute Gasteiger partial charge is 0.221 e. The fourth-order valence-corrected chi connectivity index (χ4v) is 1.79. The summed E-state index contributed by atoms with van der Waals surface area (Å²) in [7, 11) is 0. The normalized spacial score (nSPS) is 13.1. The number of hydrogen-bond acceptors (Lipinski definition) is 4. The molecule has 1 rings (SSSR count). The zero-order valence-electron chi connectivity index (χ0n) is 11.3. The SMILES string of the molecule is CC(C)(C)CC(N)CC(=O)NCc1cccnn1. The van der Waals surface area contributed by atoms with Gasteiger partial charge in [-0.3, -0.25) is 4.79 Å². The highest BCUT2D eigenvalue weighted by Crippen LogP contribution is 2.20. The van der Waals surface area contributed by atoms with Gasteiger partial charge in [-0.2, -0.15) is 10.2 Å². The van der Waals surface area contributed by atoms with E-state index in [2.05, 4.69) is 36.3 Å². The first kappa shape index (κ1) is 14.6. The number of carbonyl (C=O) groups excluding carboxylic acids is 1. The van der Waals surface area contributed by atoms with Gasteiger partial charge < -0.3 is 11.1 Å². The molecule has 0 saturated carbocycles. The molecule has 1 atom stereocenters. The van der Waals surface area contributed by atoms with Gasteiger partial charge >= 0.3 is 0 Å². The van der Waals surface area contributed by atoms with Crippen LogP contribution in [-0.2, 0) is 11.3 Å². The van der Waals surface area contributed by atoms with Crippen molar-refractivity contribution in [2.75, 3.05) is 0 Å². The molecule has 5 nitrogen and oxygen atoms in total. The summed E-state index contributed by atoms with van der Waals surface area (Å²) < 4.78 is 0. The van der Waals surface area contributed by atoms with E-state index >= 15 is 0 Å². The van der Waals surface area contributed by atoms with Crippen molar-refractivity contribution in [2.45, 2.75) is 46.2 Å². The molecule has 0 fully saturated rings. The molecule has 1 aromatic heterocycles. The fraction of sp³-hybridized carbons (Fsp3) is 0.615. The van der Waals surface area contributed by atoms with Crippen LogP contribution in [0.25, 0.3) is 0 Å². The fourth-order valence-electron chi connectivity index (χ4n) is 1.79. The molecule has 0 aliphatic heterocycles. The Bertz CT molecular complexity index is 372. The molecule has 1 aromatic rings. The lowest BCUT2D eigenvalue weighted by Crippen LogP contribution is -2.34. The Morgan fingerprint density at radius 3 is 2.78 bits per heavy atom. The molecule has 0 radical (unpaired) electrons. The lowest BCUT2D eigenvalue weighted by atomic mass is 9.87. The summed E-state index contributed by atoms with van der Waals surface area (Å²) in [5, 5.41) is 10.4. The first-order valence-corrected chi connectivity index (χ1v) is 6.16. The summed E-state index contributed by atoms with van der Waals surface area (Å²) in [4.78, 5) is 11.7. The lowest BCUT2D eigenvalue weighted by Gasteiger charge is -2.22. The third-order valence-corrected chi connectivity index (χ3v) is 2.42. The van der Waals surface area contributed by atoms with Gasteiger partial charge in [0, 0.05) is 18.7 Å². The Hall–Kier alpha value is -1.49. The molecular formula is C13H22N4O. The Labute approximate surface area is 108 Å². The highest BCUT2D eigenvalue weighted by molar-refractivity contribution is 5.76. The van der Waals surface area contributed by atoms with E-state index in [0.29, 0.717) is 13.0 Å². The minimum absolute atomic E-state index is 0.0441. The van der Waals surface area contributed by atoms with Crippen molar-refractivity contribution in [3.63, 3.8) is 0 Å². The quantitative estimate of drug-likeness (QED) is 0.824. The van der Waals surface area contributed by atoms with Gasteiger partial charge in [-0.1, -0.05) is 20.8 Å². The number of hydrogen-bond donors (Lipinski definition) is 2. The van der Waals surface area contributed by atoms with Crippen molar-refractivity contribution in [1.29, 1.82) is 0 Å². The molecule has 5 heteroatoms. The summed E-state index contributed by atoms with van der Waals surface area (Å²) in [6, 6.07) is 3.51. The first-order valence-electron chi connectivity index (χ1n) is 6.16. The van der Waals surface area contributed by atoms with Crippen LogP contribution in [0.2, 0.25) is 0 Å². The van der Waals surface area contributed by atoms with E-state index in [4.69, 9.17) is 5.73 Å². The van der Waals surface area contributed by atoms with Crippen molar-refractivity contribution in [2.24, 2.45) is 11.1 Å². The average Bonchev–Trinajstić information content (AvgIpc) is 2.25. The largest absolute Gasteiger partial charge is 0.350 e. The van der Waals surface area contributed by atoms with E-state index < -0.39 is 0 Å². The number of nitrogens with one attached hydrogen (secondary N) is 1.